The van der Waals surface area contributed by atoms with Crippen LogP contribution in [0, 0.1) is 0 Å². The van der Waals surface area contributed by atoms with Crippen LogP contribution in [0.2, 0.25) is 0 Å². The number of aromatic nitrogens is 2. The molecule has 2 heterocycles. The second-order valence-corrected chi connectivity index (χ2v) is 4.85. The van der Waals surface area contributed by atoms with Crippen LogP contribution in [-0.4, -0.2) is 20.9 Å². The third-order valence-corrected chi connectivity index (χ3v) is 3.62. The topological polar surface area (TPSA) is 61.3 Å². The highest BCUT2D eigenvalue weighted by atomic mass is 32.1. The summed E-state index contributed by atoms with van der Waals surface area (Å²) >= 11 is 1.55. The van der Waals surface area contributed by atoms with Gasteiger partial charge in [-0.25, -0.2) is 4.98 Å². The molecular weight excluding hydrogens is 246 g/mol. The maximum absolute atomic E-state index is 9.09. The van der Waals surface area contributed by atoms with E-state index in [2.05, 4.69) is 15.1 Å². The molecule has 0 aliphatic rings. The van der Waals surface area contributed by atoms with Crippen molar-refractivity contribution in [3.63, 3.8) is 0 Å². The maximum Gasteiger partial charge on any atom is 0.113 e. The van der Waals surface area contributed by atoms with Crippen LogP contribution in [0.5, 0.6) is 0 Å². The summed E-state index contributed by atoms with van der Waals surface area (Å²) in [5, 5.41) is 14.4. The average Bonchev–Trinajstić information content (AvgIpc) is 3.04. The van der Waals surface area contributed by atoms with Crippen LogP contribution in [-0.2, 0) is 6.42 Å². The molecule has 4 nitrogen and oxygen atoms in total. The lowest BCUT2D eigenvalue weighted by atomic mass is 10.2. The van der Waals surface area contributed by atoms with Crippen molar-refractivity contribution in [2.24, 2.45) is 5.16 Å². The Morgan fingerprint density at radius 2 is 2.17 bits per heavy atom. The number of H-pyrrole nitrogens is 1. The van der Waals surface area contributed by atoms with E-state index in [1.54, 1.807) is 11.3 Å². The standard InChI is InChI=1S/C13H11N3OS/c17-16-11(12-6-3-7-18-12)8-13-14-9-4-1-2-5-10(9)15-13/h1-7,17H,8H2,(H,14,15)/b16-11-. The van der Waals surface area contributed by atoms with Gasteiger partial charge in [0.2, 0.25) is 0 Å². The quantitative estimate of drug-likeness (QED) is 0.430. The van der Waals surface area contributed by atoms with E-state index in [1.807, 2.05) is 41.8 Å². The van der Waals surface area contributed by atoms with Gasteiger partial charge in [-0.2, -0.15) is 0 Å². The number of nitrogens with one attached hydrogen (secondary N) is 1. The van der Waals surface area contributed by atoms with Crippen LogP contribution in [0.3, 0.4) is 0 Å². The molecule has 3 aromatic rings. The number of thiophene rings is 1. The van der Waals surface area contributed by atoms with E-state index in [4.69, 9.17) is 5.21 Å². The summed E-state index contributed by atoms with van der Waals surface area (Å²) in [5.74, 6) is 0.803. The van der Waals surface area contributed by atoms with Gasteiger partial charge in [0.25, 0.3) is 0 Å². The van der Waals surface area contributed by atoms with E-state index >= 15 is 0 Å². The molecular formula is C13H11N3OS. The number of para-hydroxylation sites is 2. The van der Waals surface area contributed by atoms with Crippen LogP contribution in [0.4, 0.5) is 0 Å². The van der Waals surface area contributed by atoms with Crippen molar-refractivity contribution in [1.29, 1.82) is 0 Å². The maximum atomic E-state index is 9.09. The van der Waals surface area contributed by atoms with E-state index in [0.29, 0.717) is 12.1 Å². The van der Waals surface area contributed by atoms with Crippen molar-refractivity contribution in [1.82, 2.24) is 9.97 Å². The zero-order chi connectivity index (χ0) is 12.4. The van der Waals surface area contributed by atoms with Crippen molar-refractivity contribution in [2.75, 3.05) is 0 Å². The summed E-state index contributed by atoms with van der Waals surface area (Å²) in [6, 6.07) is 11.7. The summed E-state index contributed by atoms with van der Waals surface area (Å²) in [6.45, 7) is 0. The van der Waals surface area contributed by atoms with Crippen molar-refractivity contribution in [2.45, 2.75) is 6.42 Å². The van der Waals surface area contributed by atoms with Gasteiger partial charge < -0.3 is 10.2 Å². The lowest BCUT2D eigenvalue weighted by molar-refractivity contribution is 0.318. The Labute approximate surface area is 108 Å². The van der Waals surface area contributed by atoms with E-state index < -0.39 is 0 Å². The molecule has 0 saturated heterocycles. The number of aromatic amines is 1. The smallest absolute Gasteiger partial charge is 0.113 e. The van der Waals surface area contributed by atoms with E-state index in [0.717, 1.165) is 21.7 Å². The molecule has 0 saturated carbocycles. The second kappa shape index (κ2) is 4.62. The normalized spacial score (nSPS) is 12.1. The van der Waals surface area contributed by atoms with Crippen molar-refractivity contribution < 1.29 is 5.21 Å². The van der Waals surface area contributed by atoms with Crippen LogP contribution < -0.4 is 0 Å². The van der Waals surface area contributed by atoms with Crippen LogP contribution in [0.15, 0.2) is 46.9 Å². The first-order chi connectivity index (χ1) is 8.86. The van der Waals surface area contributed by atoms with Gasteiger partial charge in [-0.1, -0.05) is 23.4 Å². The van der Waals surface area contributed by atoms with Crippen molar-refractivity contribution in [3.05, 3.63) is 52.5 Å². The minimum Gasteiger partial charge on any atom is -0.411 e. The lowest BCUT2D eigenvalue weighted by Crippen LogP contribution is -2.04. The monoisotopic (exact) mass is 257 g/mol. The molecule has 0 spiro atoms. The number of hydrogen-bond acceptors (Lipinski definition) is 4. The van der Waals surface area contributed by atoms with E-state index in [1.165, 1.54) is 0 Å². The number of imidazole rings is 1. The fourth-order valence-electron chi connectivity index (χ4n) is 1.86. The van der Waals surface area contributed by atoms with Gasteiger partial charge in [0, 0.05) is 0 Å². The van der Waals surface area contributed by atoms with Gasteiger partial charge >= 0.3 is 0 Å². The molecule has 0 radical (unpaired) electrons. The van der Waals surface area contributed by atoms with Crippen LogP contribution in [0.1, 0.15) is 10.7 Å². The Kier molecular flexibility index (Phi) is 2.82. The number of rotatable bonds is 3. The zero-order valence-electron chi connectivity index (χ0n) is 9.50. The van der Waals surface area contributed by atoms with Gasteiger partial charge in [-0.3, -0.25) is 0 Å². The molecule has 0 unspecified atom stereocenters. The molecule has 18 heavy (non-hydrogen) atoms. The molecule has 3 rings (SSSR count). The van der Waals surface area contributed by atoms with Gasteiger partial charge in [0.15, 0.2) is 0 Å². The number of hydrogen-bond donors (Lipinski definition) is 2. The first-order valence-electron chi connectivity index (χ1n) is 5.55. The molecule has 0 aliphatic carbocycles. The summed E-state index contributed by atoms with van der Waals surface area (Å²) in [7, 11) is 0. The summed E-state index contributed by atoms with van der Waals surface area (Å²) in [5.41, 5.74) is 2.55. The first-order valence-corrected chi connectivity index (χ1v) is 6.43. The number of benzene rings is 1. The highest BCUT2D eigenvalue weighted by molar-refractivity contribution is 7.12. The molecule has 0 atom stereocenters. The Balaban J connectivity index is 1.92. The molecule has 0 bridgehead atoms. The van der Waals surface area contributed by atoms with Gasteiger partial charge in [0.05, 0.1) is 22.3 Å². The minimum atomic E-state index is 0.492. The fourth-order valence-corrected chi connectivity index (χ4v) is 2.57. The fraction of sp³-hybridized carbons (Fsp3) is 0.0769. The van der Waals surface area contributed by atoms with Crippen molar-refractivity contribution in [3.8, 4) is 0 Å². The van der Waals surface area contributed by atoms with Gasteiger partial charge in [-0.05, 0) is 23.6 Å². The second-order valence-electron chi connectivity index (χ2n) is 3.90. The zero-order valence-corrected chi connectivity index (χ0v) is 10.3. The average molecular weight is 257 g/mol. The molecule has 90 valence electrons. The molecule has 5 heteroatoms. The van der Waals surface area contributed by atoms with Gasteiger partial charge in [0.1, 0.15) is 11.5 Å². The third kappa shape index (κ3) is 2.00. The number of oxime groups is 1. The molecule has 2 N–H and O–H groups in total. The Morgan fingerprint density at radius 1 is 1.28 bits per heavy atom. The van der Waals surface area contributed by atoms with Crippen molar-refractivity contribution >= 4 is 28.1 Å². The summed E-state index contributed by atoms with van der Waals surface area (Å²) in [4.78, 5) is 8.65. The molecule has 2 aromatic heterocycles. The van der Waals surface area contributed by atoms with Crippen LogP contribution in [0.25, 0.3) is 11.0 Å². The Bertz CT molecular complexity index is 652. The van der Waals surface area contributed by atoms with E-state index in [9.17, 15) is 0 Å². The highest BCUT2D eigenvalue weighted by Gasteiger charge is 2.10. The van der Waals surface area contributed by atoms with E-state index in [-0.39, 0.29) is 0 Å². The highest BCUT2D eigenvalue weighted by Crippen LogP contribution is 2.15. The first kappa shape index (κ1) is 11.0. The minimum absolute atomic E-state index is 0.492. The number of nitrogens with zero attached hydrogens (tertiary/aromatic N) is 2. The summed E-state index contributed by atoms with van der Waals surface area (Å²) in [6.07, 6.45) is 0.492. The molecule has 0 aliphatic heterocycles. The molecule has 0 amide bonds. The Hall–Kier alpha value is -2.14. The van der Waals surface area contributed by atoms with Crippen LogP contribution >= 0.6 is 11.3 Å². The summed E-state index contributed by atoms with van der Waals surface area (Å²) < 4.78 is 0. The Morgan fingerprint density at radius 3 is 2.89 bits per heavy atom. The SMILES string of the molecule is O/N=C(/Cc1nc2ccccc2[nH]1)c1cccs1. The van der Waals surface area contributed by atoms with Gasteiger partial charge in [-0.15, -0.1) is 11.3 Å². The number of fused-ring (bicyclic) bond motifs is 1. The predicted octanol–water partition coefficient (Wildman–Crippen LogP) is 3.05. The third-order valence-electron chi connectivity index (χ3n) is 2.70. The molecule has 0 fully saturated rings. The lowest BCUT2D eigenvalue weighted by Gasteiger charge is -1.98. The predicted molar refractivity (Wildman–Crippen MR) is 72.4 cm³/mol. The largest absolute Gasteiger partial charge is 0.411 e. The molecule has 1 aromatic carbocycles.